The summed E-state index contributed by atoms with van der Waals surface area (Å²) in [6.45, 7) is 1.96. The number of aryl methyl sites for hydroxylation is 1. The molecule has 0 saturated carbocycles. The van der Waals surface area contributed by atoms with E-state index in [4.69, 9.17) is 0 Å². The Kier molecular flexibility index (Phi) is 6.79. The molecular weight excluding hydrogens is 454 g/mol. The van der Waals surface area contributed by atoms with Gasteiger partial charge in [-0.15, -0.1) is 0 Å². The van der Waals surface area contributed by atoms with Crippen LogP contribution in [0.4, 0.5) is 5.69 Å². The molecule has 10 heteroatoms. The molecule has 9 nitrogen and oxygen atoms in total. The number of nitro groups is 1. The summed E-state index contributed by atoms with van der Waals surface area (Å²) in [7, 11) is 0. The molecule has 0 saturated heterocycles. The van der Waals surface area contributed by atoms with Gasteiger partial charge in [0, 0.05) is 17.7 Å². The van der Waals surface area contributed by atoms with Gasteiger partial charge in [0.05, 0.1) is 33.5 Å². The molecule has 4 rings (SSSR count). The molecular formula is C24H19N5O4S. The molecule has 0 aliphatic carbocycles. The van der Waals surface area contributed by atoms with Crippen LogP contribution in [0.1, 0.15) is 11.1 Å². The quantitative estimate of drug-likeness (QED) is 0.143. The van der Waals surface area contributed by atoms with Gasteiger partial charge in [-0.2, -0.15) is 5.10 Å². The second-order valence-electron chi connectivity index (χ2n) is 7.32. The minimum Gasteiger partial charge on any atom is -0.272 e. The fourth-order valence-corrected chi connectivity index (χ4v) is 4.00. The van der Waals surface area contributed by atoms with Gasteiger partial charge in [0.2, 0.25) is 0 Å². The van der Waals surface area contributed by atoms with E-state index in [0.717, 1.165) is 17.3 Å². The maximum atomic E-state index is 13.2. The van der Waals surface area contributed by atoms with E-state index in [2.05, 4.69) is 15.5 Å². The van der Waals surface area contributed by atoms with Crippen molar-refractivity contribution >= 4 is 40.5 Å². The lowest BCUT2D eigenvalue weighted by atomic mass is 10.2. The predicted molar refractivity (Wildman–Crippen MR) is 132 cm³/mol. The maximum absolute atomic E-state index is 13.2. The summed E-state index contributed by atoms with van der Waals surface area (Å²) in [5.74, 6) is -0.451. The largest absolute Gasteiger partial charge is 0.272 e. The van der Waals surface area contributed by atoms with Crippen molar-refractivity contribution in [3.63, 3.8) is 0 Å². The first-order chi connectivity index (χ1) is 16.4. The standard InChI is InChI=1S/C24H19N5O4S/c1-16-9-11-18(12-10-16)28-23(31)20-7-2-3-8-21(20)26-24(28)34-15-22(30)27-25-14-17-5-4-6-19(13-17)29(32)33/h2-14H,15H2,1H3,(H,27,30)/b25-14+. The third-order valence-corrected chi connectivity index (χ3v) is 5.79. The predicted octanol–water partition coefficient (Wildman–Crippen LogP) is 3.84. The number of para-hydroxylation sites is 1. The molecule has 170 valence electrons. The number of carbonyl (C=O) groups excluding carboxylic acids is 1. The van der Waals surface area contributed by atoms with Crippen LogP contribution in [0.2, 0.25) is 0 Å². The van der Waals surface area contributed by atoms with Crippen LogP contribution in [-0.2, 0) is 4.79 Å². The number of nitro benzene ring substituents is 1. The van der Waals surface area contributed by atoms with Gasteiger partial charge in [0.1, 0.15) is 0 Å². The monoisotopic (exact) mass is 473 g/mol. The van der Waals surface area contributed by atoms with Crippen molar-refractivity contribution in [1.29, 1.82) is 0 Å². The van der Waals surface area contributed by atoms with Gasteiger partial charge >= 0.3 is 0 Å². The van der Waals surface area contributed by atoms with E-state index in [9.17, 15) is 19.7 Å². The van der Waals surface area contributed by atoms with Gasteiger partial charge in [-0.3, -0.25) is 24.3 Å². The van der Waals surface area contributed by atoms with E-state index in [0.29, 0.717) is 27.3 Å². The third-order valence-electron chi connectivity index (χ3n) is 4.85. The zero-order valence-corrected chi connectivity index (χ0v) is 18.9. The molecule has 1 amide bonds. The van der Waals surface area contributed by atoms with E-state index in [-0.39, 0.29) is 17.0 Å². The van der Waals surface area contributed by atoms with Crippen LogP contribution in [0.5, 0.6) is 0 Å². The van der Waals surface area contributed by atoms with E-state index < -0.39 is 10.8 Å². The first kappa shape index (κ1) is 22.9. The average Bonchev–Trinajstić information content (AvgIpc) is 2.84. The molecule has 0 spiro atoms. The molecule has 0 radical (unpaired) electrons. The summed E-state index contributed by atoms with van der Waals surface area (Å²) < 4.78 is 1.49. The highest BCUT2D eigenvalue weighted by Crippen LogP contribution is 2.21. The molecule has 1 aromatic heterocycles. The summed E-state index contributed by atoms with van der Waals surface area (Å²) in [5.41, 5.74) is 4.84. The molecule has 4 aromatic rings. The van der Waals surface area contributed by atoms with Crippen LogP contribution in [0.15, 0.2) is 87.8 Å². The Bertz CT molecular complexity index is 1460. The minimum atomic E-state index is -0.503. The Morgan fingerprint density at radius 3 is 2.68 bits per heavy atom. The van der Waals surface area contributed by atoms with Gasteiger partial charge in [0.15, 0.2) is 5.16 Å². The van der Waals surface area contributed by atoms with E-state index in [1.807, 2.05) is 31.2 Å². The van der Waals surface area contributed by atoms with E-state index in [1.54, 1.807) is 30.3 Å². The number of nitrogens with zero attached hydrogens (tertiary/aromatic N) is 4. The molecule has 0 bridgehead atoms. The van der Waals surface area contributed by atoms with Crippen LogP contribution in [0, 0.1) is 17.0 Å². The van der Waals surface area contributed by atoms with E-state index in [1.165, 1.54) is 29.0 Å². The fraction of sp³-hybridized carbons (Fsp3) is 0.0833. The lowest BCUT2D eigenvalue weighted by Gasteiger charge is -2.13. The second-order valence-corrected chi connectivity index (χ2v) is 8.26. The van der Waals surface area contributed by atoms with Gasteiger partial charge in [-0.05, 0) is 31.2 Å². The SMILES string of the molecule is Cc1ccc(-n2c(SCC(=O)N/N=C/c3cccc([N+](=O)[O-])c3)nc3ccccc3c2=O)cc1. The van der Waals surface area contributed by atoms with Gasteiger partial charge in [-0.1, -0.05) is 53.7 Å². The lowest BCUT2D eigenvalue weighted by Crippen LogP contribution is -2.24. The van der Waals surface area contributed by atoms with Crippen LogP contribution in [0.3, 0.4) is 0 Å². The Hall–Kier alpha value is -4.31. The first-order valence-electron chi connectivity index (χ1n) is 10.2. The van der Waals surface area contributed by atoms with Crippen LogP contribution >= 0.6 is 11.8 Å². The topological polar surface area (TPSA) is 119 Å². The van der Waals surface area contributed by atoms with Gasteiger partial charge in [-0.25, -0.2) is 10.4 Å². The van der Waals surface area contributed by atoms with Crippen molar-refractivity contribution in [2.45, 2.75) is 12.1 Å². The normalized spacial score (nSPS) is 11.1. The molecule has 1 N–H and O–H groups in total. The van der Waals surface area contributed by atoms with Crippen LogP contribution < -0.4 is 11.0 Å². The molecule has 0 aliphatic heterocycles. The van der Waals surface area contributed by atoms with Crippen molar-refractivity contribution in [2.24, 2.45) is 5.10 Å². The molecule has 0 aliphatic rings. The zero-order chi connectivity index (χ0) is 24.1. The summed E-state index contributed by atoms with van der Waals surface area (Å²) >= 11 is 1.11. The molecule has 3 aromatic carbocycles. The number of amides is 1. The highest BCUT2D eigenvalue weighted by molar-refractivity contribution is 7.99. The van der Waals surface area contributed by atoms with Gasteiger partial charge < -0.3 is 0 Å². The number of hydrogen-bond acceptors (Lipinski definition) is 7. The number of aromatic nitrogens is 2. The second kappa shape index (κ2) is 10.1. The Morgan fingerprint density at radius 1 is 1.15 bits per heavy atom. The number of thioether (sulfide) groups is 1. The fourth-order valence-electron chi connectivity index (χ4n) is 3.19. The van der Waals surface area contributed by atoms with Crippen molar-refractivity contribution in [3.8, 4) is 5.69 Å². The van der Waals surface area contributed by atoms with Crippen molar-refractivity contribution < 1.29 is 9.72 Å². The average molecular weight is 474 g/mol. The molecule has 34 heavy (non-hydrogen) atoms. The summed E-state index contributed by atoms with van der Waals surface area (Å²) in [5, 5.41) is 15.6. The molecule has 0 atom stereocenters. The maximum Gasteiger partial charge on any atom is 0.270 e. The molecule has 0 fully saturated rings. The van der Waals surface area contributed by atoms with Crippen molar-refractivity contribution in [3.05, 3.63) is 104 Å². The first-order valence-corrected chi connectivity index (χ1v) is 11.2. The molecule has 0 unspecified atom stereocenters. The highest BCUT2D eigenvalue weighted by atomic mass is 32.2. The van der Waals surface area contributed by atoms with E-state index >= 15 is 0 Å². The van der Waals surface area contributed by atoms with Crippen molar-refractivity contribution in [2.75, 3.05) is 5.75 Å². The Labute approximate surface area is 198 Å². The van der Waals surface area contributed by atoms with Crippen LogP contribution in [-0.4, -0.2) is 32.3 Å². The highest BCUT2D eigenvalue weighted by Gasteiger charge is 2.14. The summed E-state index contributed by atoms with van der Waals surface area (Å²) in [6, 6.07) is 20.4. The number of hydrogen-bond donors (Lipinski definition) is 1. The smallest absolute Gasteiger partial charge is 0.270 e. The summed E-state index contributed by atoms with van der Waals surface area (Å²) in [4.78, 5) is 40.5. The van der Waals surface area contributed by atoms with Crippen molar-refractivity contribution in [1.82, 2.24) is 15.0 Å². The number of non-ortho nitro benzene ring substituents is 1. The number of nitrogens with one attached hydrogen (secondary N) is 1. The van der Waals surface area contributed by atoms with Crippen LogP contribution in [0.25, 0.3) is 16.6 Å². The Balaban J connectivity index is 1.53. The number of hydrazone groups is 1. The zero-order valence-electron chi connectivity index (χ0n) is 18.0. The lowest BCUT2D eigenvalue weighted by molar-refractivity contribution is -0.384. The molecule has 1 heterocycles. The Morgan fingerprint density at radius 2 is 1.91 bits per heavy atom. The number of benzene rings is 3. The number of rotatable bonds is 7. The summed E-state index contributed by atoms with van der Waals surface area (Å²) in [6.07, 6.45) is 1.33. The minimum absolute atomic E-state index is 0.0388. The van der Waals surface area contributed by atoms with Gasteiger partial charge in [0.25, 0.3) is 17.2 Å². The third kappa shape index (κ3) is 5.18. The number of carbonyl (C=O) groups is 1. The number of fused-ring (bicyclic) bond motifs is 1.